The first-order valence-corrected chi connectivity index (χ1v) is 11.8. The van der Waals surface area contributed by atoms with Gasteiger partial charge in [0, 0.05) is 37.4 Å². The molecular formula is C27H30FN3O2. The van der Waals surface area contributed by atoms with Crippen molar-refractivity contribution in [3.8, 4) is 0 Å². The fourth-order valence-electron chi connectivity index (χ4n) is 5.04. The van der Waals surface area contributed by atoms with Gasteiger partial charge in [-0.25, -0.2) is 4.39 Å². The Morgan fingerprint density at radius 3 is 2.61 bits per heavy atom. The van der Waals surface area contributed by atoms with E-state index in [0.29, 0.717) is 23.9 Å². The lowest BCUT2D eigenvalue weighted by molar-refractivity contribution is 0.0907. The summed E-state index contributed by atoms with van der Waals surface area (Å²) in [5.41, 5.74) is 4.30. The number of carbonyl (C=O) groups is 1. The lowest BCUT2D eigenvalue weighted by Crippen LogP contribution is -2.44. The Morgan fingerprint density at radius 1 is 1.06 bits per heavy atom. The summed E-state index contributed by atoms with van der Waals surface area (Å²) in [5.74, 6) is 0.447. The first-order chi connectivity index (χ1) is 16.1. The van der Waals surface area contributed by atoms with Crippen LogP contribution >= 0.6 is 0 Å². The van der Waals surface area contributed by atoms with Gasteiger partial charge in [0.15, 0.2) is 0 Å². The molecule has 0 spiro atoms. The van der Waals surface area contributed by atoms with Crippen LogP contribution in [0, 0.1) is 5.82 Å². The van der Waals surface area contributed by atoms with Crippen molar-refractivity contribution < 1.29 is 13.6 Å². The van der Waals surface area contributed by atoms with E-state index in [2.05, 4.69) is 46.3 Å². The number of likely N-dealkylation sites (tertiary alicyclic amines) is 1. The van der Waals surface area contributed by atoms with Crippen molar-refractivity contribution in [2.45, 2.75) is 51.4 Å². The highest BCUT2D eigenvalue weighted by Crippen LogP contribution is 2.33. The van der Waals surface area contributed by atoms with Crippen molar-refractivity contribution in [2.75, 3.05) is 18.0 Å². The van der Waals surface area contributed by atoms with Crippen LogP contribution in [0.15, 0.2) is 65.3 Å². The smallest absolute Gasteiger partial charge is 0.255 e. The maximum Gasteiger partial charge on any atom is 0.255 e. The zero-order chi connectivity index (χ0) is 22.8. The van der Waals surface area contributed by atoms with E-state index in [0.717, 1.165) is 44.5 Å². The lowest BCUT2D eigenvalue weighted by Gasteiger charge is -2.32. The quantitative estimate of drug-likeness (QED) is 0.592. The standard InChI is InChI=1S/C27H30FN3O2/c1-19-16-21-4-2-3-5-25(21)31(19)18-26-24(12-15-33-26)27(32)29-23-10-13-30(14-11-23)17-20-6-8-22(28)9-7-20/h2-9,12,15,19,23H,10-11,13-14,16-18H2,1H3,(H,29,32). The lowest BCUT2D eigenvalue weighted by atomic mass is 10.0. The van der Waals surface area contributed by atoms with Crippen LogP contribution in [-0.2, 0) is 19.5 Å². The van der Waals surface area contributed by atoms with E-state index in [-0.39, 0.29) is 17.8 Å². The van der Waals surface area contributed by atoms with Crippen LogP contribution in [0.1, 0.15) is 47.0 Å². The summed E-state index contributed by atoms with van der Waals surface area (Å²) in [6, 6.07) is 17.4. The number of nitrogens with one attached hydrogen (secondary N) is 1. The zero-order valence-electron chi connectivity index (χ0n) is 19.0. The first-order valence-electron chi connectivity index (χ1n) is 11.8. The number of hydrogen-bond donors (Lipinski definition) is 1. The van der Waals surface area contributed by atoms with Gasteiger partial charge in [-0.05, 0) is 61.6 Å². The minimum atomic E-state index is -0.206. The molecule has 1 N–H and O–H groups in total. The molecule has 0 bridgehead atoms. The Bertz CT molecular complexity index is 1100. The molecule has 33 heavy (non-hydrogen) atoms. The number of carbonyl (C=O) groups excluding carboxylic acids is 1. The van der Waals surface area contributed by atoms with Crippen molar-refractivity contribution in [3.05, 3.63) is 89.1 Å². The maximum atomic E-state index is 13.1. The molecule has 5 nitrogen and oxygen atoms in total. The molecular weight excluding hydrogens is 417 g/mol. The zero-order valence-corrected chi connectivity index (χ0v) is 19.0. The number of halogens is 1. The van der Waals surface area contributed by atoms with E-state index in [9.17, 15) is 9.18 Å². The Hall–Kier alpha value is -3.12. The van der Waals surface area contributed by atoms with Crippen LogP contribution in [-0.4, -0.2) is 36.0 Å². The predicted octanol–water partition coefficient (Wildman–Crippen LogP) is 4.76. The van der Waals surface area contributed by atoms with E-state index in [1.54, 1.807) is 12.3 Å². The topological polar surface area (TPSA) is 48.7 Å². The Balaban J connectivity index is 1.17. The maximum absolute atomic E-state index is 13.1. The average molecular weight is 448 g/mol. The van der Waals surface area contributed by atoms with Gasteiger partial charge in [-0.15, -0.1) is 0 Å². The molecule has 172 valence electrons. The molecule has 1 saturated heterocycles. The molecule has 0 saturated carbocycles. The van der Waals surface area contributed by atoms with Gasteiger partial charge in [-0.1, -0.05) is 30.3 Å². The highest BCUT2D eigenvalue weighted by Gasteiger charge is 2.29. The van der Waals surface area contributed by atoms with Crippen molar-refractivity contribution >= 4 is 11.6 Å². The molecule has 5 rings (SSSR count). The van der Waals surface area contributed by atoms with Gasteiger partial charge >= 0.3 is 0 Å². The second-order valence-corrected chi connectivity index (χ2v) is 9.22. The van der Waals surface area contributed by atoms with Gasteiger partial charge in [0.2, 0.25) is 0 Å². The van der Waals surface area contributed by atoms with E-state index < -0.39 is 0 Å². The van der Waals surface area contributed by atoms with E-state index in [1.165, 1.54) is 23.4 Å². The van der Waals surface area contributed by atoms with Crippen LogP contribution in [0.5, 0.6) is 0 Å². The monoisotopic (exact) mass is 447 g/mol. The van der Waals surface area contributed by atoms with Crippen LogP contribution in [0.25, 0.3) is 0 Å². The summed E-state index contributed by atoms with van der Waals surface area (Å²) in [4.78, 5) is 17.7. The molecule has 2 aliphatic rings. The number of furan rings is 1. The first kappa shape index (κ1) is 21.7. The summed E-state index contributed by atoms with van der Waals surface area (Å²) >= 11 is 0. The van der Waals surface area contributed by atoms with Crippen LogP contribution in [0.3, 0.4) is 0 Å². The number of benzene rings is 2. The van der Waals surface area contributed by atoms with Crippen molar-refractivity contribution in [1.29, 1.82) is 0 Å². The molecule has 3 heterocycles. The number of piperidine rings is 1. The molecule has 1 aromatic heterocycles. The van der Waals surface area contributed by atoms with Crippen molar-refractivity contribution in [1.82, 2.24) is 10.2 Å². The SMILES string of the molecule is CC1Cc2ccccc2N1Cc1occc1C(=O)NC1CCN(Cc2ccc(F)cc2)CC1. The second-order valence-electron chi connectivity index (χ2n) is 9.22. The Kier molecular flexibility index (Phi) is 6.18. The van der Waals surface area contributed by atoms with E-state index in [1.807, 2.05) is 12.1 Å². The van der Waals surface area contributed by atoms with Gasteiger partial charge in [0.05, 0.1) is 18.4 Å². The van der Waals surface area contributed by atoms with Crippen molar-refractivity contribution in [2.24, 2.45) is 0 Å². The summed E-state index contributed by atoms with van der Waals surface area (Å²) < 4.78 is 18.9. The minimum Gasteiger partial charge on any atom is -0.467 e. The van der Waals surface area contributed by atoms with Gasteiger partial charge in [-0.3, -0.25) is 9.69 Å². The number of para-hydroxylation sites is 1. The number of amides is 1. The number of anilines is 1. The van der Waals surface area contributed by atoms with Gasteiger partial charge in [-0.2, -0.15) is 0 Å². The third kappa shape index (κ3) is 4.81. The molecule has 6 heteroatoms. The highest BCUT2D eigenvalue weighted by molar-refractivity contribution is 5.95. The van der Waals surface area contributed by atoms with Crippen molar-refractivity contribution in [3.63, 3.8) is 0 Å². The highest BCUT2D eigenvalue weighted by atomic mass is 19.1. The van der Waals surface area contributed by atoms with E-state index in [4.69, 9.17) is 4.42 Å². The summed E-state index contributed by atoms with van der Waals surface area (Å²) in [5, 5.41) is 3.22. The van der Waals surface area contributed by atoms with Gasteiger partial charge in [0.1, 0.15) is 11.6 Å². The summed E-state index contributed by atoms with van der Waals surface area (Å²) in [6.45, 7) is 5.42. The molecule has 1 atom stereocenters. The normalized spacial score (nSPS) is 19.0. The molecule has 1 unspecified atom stereocenters. The average Bonchev–Trinajstić information content (AvgIpc) is 3.41. The largest absolute Gasteiger partial charge is 0.467 e. The molecule has 1 fully saturated rings. The molecule has 2 aliphatic heterocycles. The third-order valence-electron chi connectivity index (χ3n) is 6.89. The number of rotatable bonds is 6. The van der Waals surface area contributed by atoms with E-state index >= 15 is 0 Å². The minimum absolute atomic E-state index is 0.0594. The number of hydrogen-bond acceptors (Lipinski definition) is 4. The van der Waals surface area contributed by atoms with Gasteiger partial charge < -0.3 is 14.6 Å². The summed E-state index contributed by atoms with van der Waals surface area (Å²) in [7, 11) is 0. The van der Waals surface area contributed by atoms with Gasteiger partial charge in [0.25, 0.3) is 5.91 Å². The second kappa shape index (κ2) is 9.40. The predicted molar refractivity (Wildman–Crippen MR) is 127 cm³/mol. The van der Waals surface area contributed by atoms with Crippen LogP contribution in [0.4, 0.5) is 10.1 Å². The molecule has 3 aromatic rings. The van der Waals surface area contributed by atoms with Crippen LogP contribution < -0.4 is 10.2 Å². The fraction of sp³-hybridized carbons (Fsp3) is 0.370. The fourth-order valence-corrected chi connectivity index (χ4v) is 5.04. The Morgan fingerprint density at radius 2 is 1.82 bits per heavy atom. The molecule has 1 amide bonds. The number of fused-ring (bicyclic) bond motifs is 1. The summed E-state index contributed by atoms with van der Waals surface area (Å²) in [6.07, 6.45) is 4.42. The van der Waals surface area contributed by atoms with Crippen LogP contribution in [0.2, 0.25) is 0 Å². The molecule has 0 radical (unpaired) electrons. The number of nitrogens with zero attached hydrogens (tertiary/aromatic N) is 2. The molecule has 2 aromatic carbocycles. The molecule has 0 aliphatic carbocycles. The Labute approximate surface area is 194 Å². The third-order valence-corrected chi connectivity index (χ3v) is 6.89.